The largest absolute Gasteiger partial charge is 0.382 e. The molecule has 0 saturated carbocycles. The molecule has 1 atom stereocenters. The van der Waals surface area contributed by atoms with E-state index in [1.54, 1.807) is 11.0 Å². The molecular formula is C17H21FN4O2. The Kier molecular flexibility index (Phi) is 5.74. The lowest BCUT2D eigenvalue weighted by Gasteiger charge is -2.20. The van der Waals surface area contributed by atoms with Gasteiger partial charge in [0.1, 0.15) is 17.4 Å². The van der Waals surface area contributed by atoms with Gasteiger partial charge in [0.2, 0.25) is 11.8 Å². The van der Waals surface area contributed by atoms with Crippen LogP contribution in [0.25, 0.3) is 0 Å². The third-order valence-electron chi connectivity index (χ3n) is 4.02. The molecule has 0 aliphatic carbocycles. The maximum absolute atomic E-state index is 13.5. The van der Waals surface area contributed by atoms with E-state index in [4.69, 9.17) is 5.26 Å². The first-order valence-electron chi connectivity index (χ1n) is 7.93. The average molecular weight is 332 g/mol. The molecule has 0 spiro atoms. The molecule has 2 amide bonds. The smallest absolute Gasteiger partial charge is 0.225 e. The molecule has 1 saturated heterocycles. The Bertz CT molecular complexity index is 669. The number of rotatable bonds is 6. The normalized spacial score (nSPS) is 17.0. The van der Waals surface area contributed by atoms with E-state index in [9.17, 15) is 14.0 Å². The van der Waals surface area contributed by atoms with Crippen LogP contribution in [0, 0.1) is 23.1 Å². The highest BCUT2D eigenvalue weighted by molar-refractivity contribution is 5.89. The van der Waals surface area contributed by atoms with Crippen molar-refractivity contribution in [2.24, 2.45) is 5.92 Å². The van der Waals surface area contributed by atoms with Crippen molar-refractivity contribution in [3.05, 3.63) is 29.6 Å². The molecule has 2 N–H and O–H groups in total. The molecule has 6 nitrogen and oxygen atoms in total. The summed E-state index contributed by atoms with van der Waals surface area (Å²) in [7, 11) is 0. The average Bonchev–Trinajstić information content (AvgIpc) is 2.93. The van der Waals surface area contributed by atoms with Crippen LogP contribution in [0.1, 0.15) is 25.8 Å². The van der Waals surface area contributed by atoms with Gasteiger partial charge in [0, 0.05) is 32.1 Å². The van der Waals surface area contributed by atoms with Gasteiger partial charge in [-0.2, -0.15) is 5.26 Å². The number of nitrogens with one attached hydrogen (secondary N) is 2. The van der Waals surface area contributed by atoms with Gasteiger partial charge in [-0.3, -0.25) is 9.59 Å². The summed E-state index contributed by atoms with van der Waals surface area (Å²) in [6.07, 6.45) is 0.236. The molecule has 1 heterocycles. The Morgan fingerprint density at radius 2 is 2.21 bits per heavy atom. The number of nitriles is 1. The Hall–Kier alpha value is -2.62. The van der Waals surface area contributed by atoms with Gasteiger partial charge in [0.05, 0.1) is 11.6 Å². The van der Waals surface area contributed by atoms with E-state index >= 15 is 0 Å². The van der Waals surface area contributed by atoms with E-state index in [2.05, 4.69) is 10.6 Å². The standard InChI is InChI=1S/C17H21FN4O2/c1-11(2)22-10-12(8-16(22)23)17(24)21-7-6-20-15-5-3-4-14(18)13(15)9-19/h3-5,11-12,20H,6-8,10H2,1-2H3,(H,21,24)/t12-/m1/s1. The fourth-order valence-corrected chi connectivity index (χ4v) is 2.72. The fourth-order valence-electron chi connectivity index (χ4n) is 2.72. The molecule has 1 aliphatic heterocycles. The lowest BCUT2D eigenvalue weighted by atomic mass is 10.1. The van der Waals surface area contributed by atoms with Crippen molar-refractivity contribution < 1.29 is 14.0 Å². The highest BCUT2D eigenvalue weighted by atomic mass is 19.1. The highest BCUT2D eigenvalue weighted by Crippen LogP contribution is 2.20. The van der Waals surface area contributed by atoms with Crippen molar-refractivity contribution in [1.82, 2.24) is 10.2 Å². The Morgan fingerprint density at radius 3 is 2.83 bits per heavy atom. The number of hydrogen-bond acceptors (Lipinski definition) is 4. The Balaban J connectivity index is 1.79. The van der Waals surface area contributed by atoms with Gasteiger partial charge in [0.25, 0.3) is 0 Å². The second kappa shape index (κ2) is 7.77. The van der Waals surface area contributed by atoms with Crippen LogP contribution in [-0.4, -0.2) is 42.4 Å². The minimum atomic E-state index is -0.579. The van der Waals surface area contributed by atoms with Crippen molar-refractivity contribution in [1.29, 1.82) is 5.26 Å². The number of nitrogens with zero attached hydrogens (tertiary/aromatic N) is 2. The third-order valence-corrected chi connectivity index (χ3v) is 4.02. The van der Waals surface area contributed by atoms with Gasteiger partial charge in [-0.25, -0.2) is 4.39 Å². The molecule has 1 aromatic carbocycles. The molecule has 7 heteroatoms. The summed E-state index contributed by atoms with van der Waals surface area (Å²) < 4.78 is 13.5. The first-order valence-corrected chi connectivity index (χ1v) is 7.93. The van der Waals surface area contributed by atoms with Crippen LogP contribution in [0.15, 0.2) is 18.2 Å². The molecule has 0 bridgehead atoms. The molecule has 128 valence electrons. The zero-order valence-corrected chi connectivity index (χ0v) is 13.8. The predicted octanol–water partition coefficient (Wildman–Crippen LogP) is 1.48. The van der Waals surface area contributed by atoms with Crippen LogP contribution in [0.2, 0.25) is 0 Å². The fraction of sp³-hybridized carbons (Fsp3) is 0.471. The van der Waals surface area contributed by atoms with Crippen LogP contribution in [0.3, 0.4) is 0 Å². The summed E-state index contributed by atoms with van der Waals surface area (Å²) in [6.45, 7) is 4.98. The first-order chi connectivity index (χ1) is 11.4. The van der Waals surface area contributed by atoms with Crippen molar-refractivity contribution in [2.75, 3.05) is 25.0 Å². The van der Waals surface area contributed by atoms with Crippen molar-refractivity contribution in [3.8, 4) is 6.07 Å². The van der Waals surface area contributed by atoms with E-state index in [0.717, 1.165) is 0 Å². The summed E-state index contributed by atoms with van der Waals surface area (Å²) in [4.78, 5) is 25.6. The second-order valence-corrected chi connectivity index (χ2v) is 6.03. The number of carbonyl (C=O) groups is 2. The lowest BCUT2D eigenvalue weighted by Crippen LogP contribution is -2.37. The lowest BCUT2D eigenvalue weighted by molar-refractivity contribution is -0.129. The van der Waals surface area contributed by atoms with Gasteiger partial charge in [-0.05, 0) is 26.0 Å². The van der Waals surface area contributed by atoms with Crippen LogP contribution >= 0.6 is 0 Å². The van der Waals surface area contributed by atoms with E-state index in [1.165, 1.54) is 12.1 Å². The minimum Gasteiger partial charge on any atom is -0.382 e. The SMILES string of the molecule is CC(C)N1C[C@H](C(=O)NCCNc2cccc(F)c2C#N)CC1=O. The van der Waals surface area contributed by atoms with Crippen molar-refractivity contribution in [3.63, 3.8) is 0 Å². The molecule has 1 aliphatic rings. The molecule has 24 heavy (non-hydrogen) atoms. The van der Waals surface area contributed by atoms with Crippen LogP contribution in [0.4, 0.5) is 10.1 Å². The van der Waals surface area contributed by atoms with E-state index in [1.807, 2.05) is 19.9 Å². The van der Waals surface area contributed by atoms with Crippen LogP contribution in [0.5, 0.6) is 0 Å². The summed E-state index contributed by atoms with van der Waals surface area (Å²) in [6, 6.07) is 6.25. The second-order valence-electron chi connectivity index (χ2n) is 6.03. The number of halogens is 1. The van der Waals surface area contributed by atoms with Gasteiger partial charge in [-0.15, -0.1) is 0 Å². The van der Waals surface area contributed by atoms with Gasteiger partial charge < -0.3 is 15.5 Å². The van der Waals surface area contributed by atoms with Crippen LogP contribution < -0.4 is 10.6 Å². The number of benzene rings is 1. The molecule has 1 aromatic rings. The zero-order chi connectivity index (χ0) is 17.7. The Morgan fingerprint density at radius 1 is 1.46 bits per heavy atom. The van der Waals surface area contributed by atoms with Gasteiger partial charge in [0.15, 0.2) is 0 Å². The summed E-state index contributed by atoms with van der Waals surface area (Å²) >= 11 is 0. The zero-order valence-electron chi connectivity index (χ0n) is 13.8. The monoisotopic (exact) mass is 332 g/mol. The molecule has 0 unspecified atom stereocenters. The molecule has 1 fully saturated rings. The van der Waals surface area contributed by atoms with Gasteiger partial charge >= 0.3 is 0 Å². The highest BCUT2D eigenvalue weighted by Gasteiger charge is 2.35. The molecular weight excluding hydrogens is 311 g/mol. The minimum absolute atomic E-state index is 0.00157. The quantitative estimate of drug-likeness (QED) is 0.773. The first kappa shape index (κ1) is 17.7. The summed E-state index contributed by atoms with van der Waals surface area (Å²) in [5.74, 6) is -1.07. The number of amides is 2. The van der Waals surface area contributed by atoms with Gasteiger partial charge in [-0.1, -0.05) is 6.07 Å². The third kappa shape index (κ3) is 4.02. The summed E-state index contributed by atoms with van der Waals surface area (Å²) in [5.41, 5.74) is 0.353. The van der Waals surface area contributed by atoms with E-state index < -0.39 is 5.82 Å². The van der Waals surface area contributed by atoms with Crippen LogP contribution in [-0.2, 0) is 9.59 Å². The van der Waals surface area contributed by atoms with E-state index in [0.29, 0.717) is 25.3 Å². The summed E-state index contributed by atoms with van der Waals surface area (Å²) in [5, 5.41) is 14.6. The van der Waals surface area contributed by atoms with Crippen molar-refractivity contribution >= 4 is 17.5 Å². The number of hydrogen-bond donors (Lipinski definition) is 2. The maximum Gasteiger partial charge on any atom is 0.225 e. The van der Waals surface area contributed by atoms with Crippen molar-refractivity contribution in [2.45, 2.75) is 26.3 Å². The topological polar surface area (TPSA) is 85.2 Å². The number of anilines is 1. The van der Waals surface area contributed by atoms with E-state index in [-0.39, 0.29) is 35.8 Å². The Labute approximate surface area is 140 Å². The molecule has 0 radical (unpaired) electrons. The predicted molar refractivity (Wildman–Crippen MR) is 87.6 cm³/mol. The molecule has 2 rings (SSSR count). The number of likely N-dealkylation sites (tertiary alicyclic amines) is 1. The number of carbonyl (C=O) groups excluding carboxylic acids is 2. The maximum atomic E-state index is 13.5. The molecule has 0 aromatic heterocycles.